The van der Waals surface area contributed by atoms with Crippen molar-refractivity contribution >= 4 is 38.7 Å². The Labute approximate surface area is 119 Å². The molecule has 102 valence electrons. The minimum Gasteiger partial charge on any atom is -0.467 e. The Morgan fingerprint density at radius 3 is 2.74 bits per heavy atom. The minimum absolute atomic E-state index is 0.0886. The van der Waals surface area contributed by atoms with E-state index in [1.807, 2.05) is 0 Å². The van der Waals surface area contributed by atoms with Crippen molar-refractivity contribution in [3.8, 4) is 0 Å². The summed E-state index contributed by atoms with van der Waals surface area (Å²) in [5.74, 6) is -0.629. The molecule has 0 spiro atoms. The third-order valence-electron chi connectivity index (χ3n) is 2.22. The van der Waals surface area contributed by atoms with Crippen LogP contribution in [0.25, 0.3) is 0 Å². The SMILES string of the molecule is O=C(CS(=O)(=O)c1ccc(Cl)s1)NCc1ccco1. The number of rotatable bonds is 5. The third kappa shape index (κ3) is 3.82. The highest BCUT2D eigenvalue weighted by Gasteiger charge is 2.21. The van der Waals surface area contributed by atoms with Crippen LogP contribution >= 0.6 is 22.9 Å². The van der Waals surface area contributed by atoms with Gasteiger partial charge in [0, 0.05) is 0 Å². The van der Waals surface area contributed by atoms with Crippen LogP contribution < -0.4 is 5.32 Å². The van der Waals surface area contributed by atoms with Gasteiger partial charge in [-0.3, -0.25) is 4.79 Å². The zero-order valence-electron chi connectivity index (χ0n) is 9.63. The summed E-state index contributed by atoms with van der Waals surface area (Å²) < 4.78 is 29.3. The molecule has 2 aromatic rings. The van der Waals surface area contributed by atoms with E-state index in [0.717, 1.165) is 11.3 Å². The van der Waals surface area contributed by atoms with E-state index in [2.05, 4.69) is 5.32 Å². The second kappa shape index (κ2) is 5.77. The standard InChI is InChI=1S/C11H10ClNO4S2/c12-9-3-4-11(18-9)19(15,16)7-10(14)13-6-8-2-1-5-17-8/h1-5H,6-7H2,(H,13,14). The largest absolute Gasteiger partial charge is 0.467 e. The molecule has 5 nitrogen and oxygen atoms in total. The molecule has 0 fully saturated rings. The second-order valence-corrected chi connectivity index (χ2v) is 7.61. The number of sulfone groups is 1. The van der Waals surface area contributed by atoms with Gasteiger partial charge in [0.1, 0.15) is 15.7 Å². The first-order valence-corrected chi connectivity index (χ1v) is 8.09. The van der Waals surface area contributed by atoms with Gasteiger partial charge < -0.3 is 9.73 Å². The molecule has 0 aliphatic heterocycles. The fourth-order valence-corrected chi connectivity index (χ4v) is 4.09. The van der Waals surface area contributed by atoms with Gasteiger partial charge >= 0.3 is 0 Å². The molecular formula is C11H10ClNO4S2. The molecule has 0 aromatic carbocycles. The van der Waals surface area contributed by atoms with Gasteiger partial charge in [0.2, 0.25) is 5.91 Å². The van der Waals surface area contributed by atoms with Crippen molar-refractivity contribution < 1.29 is 17.6 Å². The summed E-state index contributed by atoms with van der Waals surface area (Å²) in [7, 11) is -3.64. The van der Waals surface area contributed by atoms with Gasteiger partial charge in [0.15, 0.2) is 9.84 Å². The zero-order chi connectivity index (χ0) is 13.9. The van der Waals surface area contributed by atoms with Crippen LogP contribution in [0.2, 0.25) is 4.34 Å². The zero-order valence-corrected chi connectivity index (χ0v) is 12.0. The molecule has 0 aliphatic carbocycles. The average Bonchev–Trinajstić information content (AvgIpc) is 2.96. The van der Waals surface area contributed by atoms with Gasteiger partial charge in [-0.15, -0.1) is 11.3 Å². The predicted octanol–water partition coefficient (Wildman–Crippen LogP) is 2.08. The summed E-state index contributed by atoms with van der Waals surface area (Å²) in [5.41, 5.74) is 0. The monoisotopic (exact) mass is 319 g/mol. The van der Waals surface area contributed by atoms with Gasteiger partial charge in [0.05, 0.1) is 17.1 Å². The maximum Gasteiger partial charge on any atom is 0.235 e. The normalized spacial score (nSPS) is 11.4. The number of hydrogen-bond acceptors (Lipinski definition) is 5. The van der Waals surface area contributed by atoms with Crippen LogP contribution in [0.4, 0.5) is 0 Å². The van der Waals surface area contributed by atoms with Crippen molar-refractivity contribution in [2.75, 3.05) is 5.75 Å². The summed E-state index contributed by atoms with van der Waals surface area (Å²) in [6, 6.07) is 6.25. The van der Waals surface area contributed by atoms with Crippen molar-refractivity contribution in [3.05, 3.63) is 40.6 Å². The van der Waals surface area contributed by atoms with Crippen LogP contribution in [-0.2, 0) is 21.2 Å². The van der Waals surface area contributed by atoms with E-state index < -0.39 is 21.5 Å². The van der Waals surface area contributed by atoms with Crippen LogP contribution in [0.3, 0.4) is 0 Å². The van der Waals surface area contributed by atoms with Gasteiger partial charge in [0.25, 0.3) is 0 Å². The first-order chi connectivity index (χ1) is 8.97. The summed E-state index contributed by atoms with van der Waals surface area (Å²) in [6.07, 6.45) is 1.48. The Kier molecular flexibility index (Phi) is 4.28. The number of amides is 1. The molecular weight excluding hydrogens is 310 g/mol. The maximum absolute atomic E-state index is 11.9. The van der Waals surface area contributed by atoms with E-state index >= 15 is 0 Å². The van der Waals surface area contributed by atoms with Crippen molar-refractivity contribution in [1.82, 2.24) is 5.32 Å². The van der Waals surface area contributed by atoms with Crippen LogP contribution in [0.5, 0.6) is 0 Å². The van der Waals surface area contributed by atoms with Crippen molar-refractivity contribution in [3.63, 3.8) is 0 Å². The van der Waals surface area contributed by atoms with Crippen molar-refractivity contribution in [2.24, 2.45) is 0 Å². The Bertz CT molecular complexity index is 661. The molecule has 19 heavy (non-hydrogen) atoms. The van der Waals surface area contributed by atoms with E-state index in [0.29, 0.717) is 10.1 Å². The smallest absolute Gasteiger partial charge is 0.235 e. The lowest BCUT2D eigenvalue weighted by Crippen LogP contribution is -2.29. The van der Waals surface area contributed by atoms with Crippen LogP contribution in [0, 0.1) is 0 Å². The lowest BCUT2D eigenvalue weighted by atomic mass is 10.4. The second-order valence-electron chi connectivity index (χ2n) is 3.67. The lowest BCUT2D eigenvalue weighted by Gasteiger charge is -2.03. The van der Waals surface area contributed by atoms with E-state index in [1.165, 1.54) is 18.4 Å². The van der Waals surface area contributed by atoms with Crippen molar-refractivity contribution in [2.45, 2.75) is 10.8 Å². The fraction of sp³-hybridized carbons (Fsp3) is 0.182. The number of nitrogens with one attached hydrogen (secondary N) is 1. The van der Waals surface area contributed by atoms with E-state index in [4.69, 9.17) is 16.0 Å². The summed E-state index contributed by atoms with van der Waals surface area (Å²) >= 11 is 6.60. The number of carbonyl (C=O) groups excluding carboxylic acids is 1. The third-order valence-corrected chi connectivity index (χ3v) is 5.65. The Morgan fingerprint density at radius 2 is 2.16 bits per heavy atom. The van der Waals surface area contributed by atoms with Gasteiger partial charge in [-0.2, -0.15) is 0 Å². The molecule has 0 bridgehead atoms. The van der Waals surface area contributed by atoms with E-state index in [-0.39, 0.29) is 10.8 Å². The molecule has 0 aliphatic rings. The van der Waals surface area contributed by atoms with Gasteiger partial charge in [-0.05, 0) is 24.3 Å². The van der Waals surface area contributed by atoms with Crippen molar-refractivity contribution in [1.29, 1.82) is 0 Å². The molecule has 8 heteroatoms. The lowest BCUT2D eigenvalue weighted by molar-refractivity contribution is -0.118. The number of furan rings is 1. The number of hydrogen-bond donors (Lipinski definition) is 1. The summed E-state index contributed by atoms with van der Waals surface area (Å²) in [4.78, 5) is 11.6. The average molecular weight is 320 g/mol. The Morgan fingerprint density at radius 1 is 1.37 bits per heavy atom. The molecule has 0 atom stereocenters. The molecule has 0 radical (unpaired) electrons. The molecule has 0 saturated heterocycles. The van der Waals surface area contributed by atoms with Crippen LogP contribution in [-0.4, -0.2) is 20.1 Å². The maximum atomic E-state index is 11.9. The highest BCUT2D eigenvalue weighted by Crippen LogP contribution is 2.26. The summed E-state index contributed by atoms with van der Waals surface area (Å²) in [5, 5.41) is 2.48. The summed E-state index contributed by atoms with van der Waals surface area (Å²) in [6.45, 7) is 0.159. The molecule has 2 heterocycles. The Hall–Kier alpha value is -1.31. The molecule has 0 saturated carbocycles. The van der Waals surface area contributed by atoms with E-state index in [9.17, 15) is 13.2 Å². The number of thiophene rings is 1. The first-order valence-electron chi connectivity index (χ1n) is 5.24. The number of halogens is 1. The van der Waals surface area contributed by atoms with E-state index in [1.54, 1.807) is 12.1 Å². The van der Waals surface area contributed by atoms with Gasteiger partial charge in [-0.1, -0.05) is 11.6 Å². The van der Waals surface area contributed by atoms with Crippen LogP contribution in [0.15, 0.2) is 39.2 Å². The Balaban J connectivity index is 1.95. The minimum atomic E-state index is -3.64. The molecule has 0 unspecified atom stereocenters. The first kappa shape index (κ1) is 14.1. The quantitative estimate of drug-likeness (QED) is 0.915. The topological polar surface area (TPSA) is 76.4 Å². The predicted molar refractivity (Wildman–Crippen MR) is 71.9 cm³/mol. The molecule has 1 N–H and O–H groups in total. The van der Waals surface area contributed by atoms with Crippen LogP contribution in [0.1, 0.15) is 5.76 Å². The molecule has 2 rings (SSSR count). The molecule has 2 aromatic heterocycles. The highest BCUT2D eigenvalue weighted by molar-refractivity contribution is 7.94. The fourth-order valence-electron chi connectivity index (χ4n) is 1.36. The van der Waals surface area contributed by atoms with Gasteiger partial charge in [-0.25, -0.2) is 8.42 Å². The highest BCUT2D eigenvalue weighted by atomic mass is 35.5. The number of carbonyl (C=O) groups is 1. The molecule has 1 amide bonds.